The number of carbonyl (C=O) groups excluding carboxylic acids is 1. The number of rotatable bonds is 3. The predicted molar refractivity (Wildman–Crippen MR) is 71.6 cm³/mol. The van der Waals surface area contributed by atoms with E-state index in [2.05, 4.69) is 50.3 Å². The highest BCUT2D eigenvalue weighted by Crippen LogP contribution is 2.36. The number of Topliss-reactive ketones (excluding diaryl/α,β-unsaturated/α-hetero) is 1. The van der Waals surface area contributed by atoms with Gasteiger partial charge in [0.15, 0.2) is 0 Å². The lowest BCUT2D eigenvalue weighted by atomic mass is 9.75. The minimum Gasteiger partial charge on any atom is -0.300 e. The fraction of sp³-hybridized carbons (Fsp3) is 0.438. The van der Waals surface area contributed by atoms with Crippen molar-refractivity contribution >= 4 is 5.78 Å². The molecule has 1 atom stereocenters. The molecule has 2 aliphatic rings. The van der Waals surface area contributed by atoms with Crippen molar-refractivity contribution in [2.45, 2.75) is 33.6 Å². The number of ketones is 1. The highest BCUT2D eigenvalue weighted by Gasteiger charge is 2.28. The molecule has 0 aromatic rings. The SMILES string of the molecule is CC(=O)CC(C)(C)C1C=CC2=C(C=C1)CC=C2. The smallest absolute Gasteiger partial charge is 0.130 e. The second-order valence-electron chi connectivity index (χ2n) is 5.70. The molecule has 0 fully saturated rings. The van der Waals surface area contributed by atoms with Crippen LogP contribution in [0, 0.1) is 11.3 Å². The molecule has 1 heteroatoms. The van der Waals surface area contributed by atoms with Crippen molar-refractivity contribution in [1.29, 1.82) is 0 Å². The average Bonchev–Trinajstić information content (AvgIpc) is 2.54. The van der Waals surface area contributed by atoms with Gasteiger partial charge in [-0.25, -0.2) is 0 Å². The summed E-state index contributed by atoms with van der Waals surface area (Å²) in [5, 5.41) is 0. The minimum atomic E-state index is 0.00229. The summed E-state index contributed by atoms with van der Waals surface area (Å²) in [7, 11) is 0. The van der Waals surface area contributed by atoms with E-state index in [0.717, 1.165) is 6.42 Å². The van der Waals surface area contributed by atoms with Crippen molar-refractivity contribution in [3.63, 3.8) is 0 Å². The van der Waals surface area contributed by atoms with Gasteiger partial charge in [0.05, 0.1) is 0 Å². The van der Waals surface area contributed by atoms with E-state index >= 15 is 0 Å². The summed E-state index contributed by atoms with van der Waals surface area (Å²) in [6, 6.07) is 0. The first-order valence-electron chi connectivity index (χ1n) is 6.24. The topological polar surface area (TPSA) is 17.1 Å². The lowest BCUT2D eigenvalue weighted by molar-refractivity contribution is -0.119. The Kier molecular flexibility index (Phi) is 3.19. The summed E-state index contributed by atoms with van der Waals surface area (Å²) >= 11 is 0. The van der Waals surface area contributed by atoms with E-state index in [0.29, 0.717) is 12.3 Å². The Hall–Kier alpha value is -1.37. The average molecular weight is 228 g/mol. The van der Waals surface area contributed by atoms with Gasteiger partial charge in [0, 0.05) is 12.3 Å². The van der Waals surface area contributed by atoms with Crippen molar-refractivity contribution in [2.75, 3.05) is 0 Å². The van der Waals surface area contributed by atoms with Crippen LogP contribution in [0.2, 0.25) is 0 Å². The molecule has 0 aromatic heterocycles. The molecule has 0 spiro atoms. The molecule has 0 bridgehead atoms. The highest BCUT2D eigenvalue weighted by atomic mass is 16.1. The van der Waals surface area contributed by atoms with Gasteiger partial charge in [-0.05, 0) is 29.9 Å². The Morgan fingerprint density at radius 1 is 1.29 bits per heavy atom. The highest BCUT2D eigenvalue weighted by molar-refractivity contribution is 5.76. The van der Waals surface area contributed by atoms with Crippen LogP contribution in [0.1, 0.15) is 33.6 Å². The fourth-order valence-corrected chi connectivity index (χ4v) is 2.64. The van der Waals surface area contributed by atoms with E-state index in [1.54, 1.807) is 6.92 Å². The van der Waals surface area contributed by atoms with E-state index in [9.17, 15) is 4.79 Å². The minimum absolute atomic E-state index is 0.00229. The number of carbonyl (C=O) groups is 1. The summed E-state index contributed by atoms with van der Waals surface area (Å²) in [5.41, 5.74) is 2.72. The van der Waals surface area contributed by atoms with Crippen molar-refractivity contribution in [1.82, 2.24) is 0 Å². The Bertz CT molecular complexity index is 444. The number of hydrogen-bond donors (Lipinski definition) is 0. The standard InChI is InChI=1S/C16H20O/c1-12(17)11-16(2,3)15-9-7-13-5-4-6-14(13)8-10-15/h4-5,7-10,15H,6,11H2,1-3H3. The van der Waals surface area contributed by atoms with E-state index < -0.39 is 0 Å². The normalized spacial score (nSPS) is 22.9. The van der Waals surface area contributed by atoms with E-state index in [1.165, 1.54) is 11.1 Å². The Balaban J connectivity index is 2.18. The summed E-state index contributed by atoms with van der Waals surface area (Å²) in [6.45, 7) is 6.01. The van der Waals surface area contributed by atoms with Crippen molar-refractivity contribution in [3.8, 4) is 0 Å². The third-order valence-electron chi connectivity index (χ3n) is 3.60. The third-order valence-corrected chi connectivity index (χ3v) is 3.60. The van der Waals surface area contributed by atoms with Crippen LogP contribution < -0.4 is 0 Å². The quantitative estimate of drug-likeness (QED) is 0.713. The van der Waals surface area contributed by atoms with Gasteiger partial charge in [0.2, 0.25) is 0 Å². The van der Waals surface area contributed by atoms with Crippen molar-refractivity contribution in [2.24, 2.45) is 11.3 Å². The second-order valence-corrected chi connectivity index (χ2v) is 5.70. The maximum atomic E-state index is 11.3. The fourth-order valence-electron chi connectivity index (χ4n) is 2.64. The van der Waals surface area contributed by atoms with Crippen molar-refractivity contribution < 1.29 is 4.79 Å². The van der Waals surface area contributed by atoms with Crippen LogP contribution in [0.25, 0.3) is 0 Å². The molecule has 2 rings (SSSR count). The van der Waals surface area contributed by atoms with Gasteiger partial charge in [-0.1, -0.05) is 50.3 Å². The van der Waals surface area contributed by atoms with Crippen molar-refractivity contribution in [3.05, 3.63) is 47.6 Å². The third kappa shape index (κ3) is 2.66. The van der Waals surface area contributed by atoms with Gasteiger partial charge in [-0.3, -0.25) is 0 Å². The summed E-state index contributed by atoms with van der Waals surface area (Å²) in [6.07, 6.45) is 14.9. The molecule has 0 amide bonds. The zero-order chi connectivity index (χ0) is 12.5. The van der Waals surface area contributed by atoms with E-state index in [4.69, 9.17) is 0 Å². The van der Waals surface area contributed by atoms with Crippen LogP contribution in [0.15, 0.2) is 47.6 Å². The molecule has 0 N–H and O–H groups in total. The lowest BCUT2D eigenvalue weighted by Gasteiger charge is -2.29. The first kappa shape index (κ1) is 12.1. The van der Waals surface area contributed by atoms with Crippen LogP contribution in [0.3, 0.4) is 0 Å². The first-order valence-corrected chi connectivity index (χ1v) is 6.24. The molecule has 0 heterocycles. The molecule has 17 heavy (non-hydrogen) atoms. The van der Waals surface area contributed by atoms with Gasteiger partial charge in [0.25, 0.3) is 0 Å². The molecule has 0 aliphatic heterocycles. The van der Waals surface area contributed by atoms with Crippen LogP contribution >= 0.6 is 0 Å². The molecule has 0 saturated heterocycles. The van der Waals surface area contributed by atoms with Gasteiger partial charge in [-0.2, -0.15) is 0 Å². The first-order chi connectivity index (χ1) is 7.99. The molecule has 2 aliphatic carbocycles. The van der Waals surface area contributed by atoms with Crippen LogP contribution in [-0.4, -0.2) is 5.78 Å². The molecule has 0 saturated carbocycles. The molecular weight excluding hydrogens is 208 g/mol. The van der Waals surface area contributed by atoms with Crippen LogP contribution in [0.4, 0.5) is 0 Å². The Morgan fingerprint density at radius 2 is 2.00 bits per heavy atom. The zero-order valence-corrected chi connectivity index (χ0v) is 10.9. The van der Waals surface area contributed by atoms with Gasteiger partial charge in [0.1, 0.15) is 5.78 Å². The maximum Gasteiger partial charge on any atom is 0.130 e. The number of hydrogen-bond acceptors (Lipinski definition) is 1. The van der Waals surface area contributed by atoms with E-state index in [1.807, 2.05) is 0 Å². The Labute approximate surface area is 104 Å². The molecule has 90 valence electrons. The molecular formula is C16H20O. The molecule has 0 aromatic carbocycles. The van der Waals surface area contributed by atoms with Gasteiger partial charge < -0.3 is 4.79 Å². The lowest BCUT2D eigenvalue weighted by Crippen LogP contribution is -2.23. The predicted octanol–water partition coefficient (Wildman–Crippen LogP) is 3.99. The summed E-state index contributed by atoms with van der Waals surface area (Å²) < 4.78 is 0. The maximum absolute atomic E-state index is 11.3. The second kappa shape index (κ2) is 4.48. The zero-order valence-electron chi connectivity index (χ0n) is 10.9. The number of allylic oxidation sites excluding steroid dienone is 8. The molecule has 1 nitrogen and oxygen atoms in total. The van der Waals surface area contributed by atoms with E-state index in [-0.39, 0.29) is 11.2 Å². The van der Waals surface area contributed by atoms with Gasteiger partial charge in [-0.15, -0.1) is 0 Å². The summed E-state index contributed by atoms with van der Waals surface area (Å²) in [4.78, 5) is 11.3. The molecule has 0 radical (unpaired) electrons. The van der Waals surface area contributed by atoms with Crippen LogP contribution in [0.5, 0.6) is 0 Å². The molecule has 1 unspecified atom stereocenters. The summed E-state index contributed by atoms with van der Waals surface area (Å²) in [5.74, 6) is 0.604. The van der Waals surface area contributed by atoms with Gasteiger partial charge >= 0.3 is 0 Å². The Morgan fingerprint density at radius 3 is 2.71 bits per heavy atom. The largest absolute Gasteiger partial charge is 0.300 e. The van der Waals surface area contributed by atoms with Crippen LogP contribution in [-0.2, 0) is 4.79 Å². The monoisotopic (exact) mass is 228 g/mol.